The van der Waals surface area contributed by atoms with Gasteiger partial charge in [0.25, 0.3) is 5.91 Å². The highest BCUT2D eigenvalue weighted by molar-refractivity contribution is 7.13. The van der Waals surface area contributed by atoms with E-state index in [0.717, 1.165) is 10.6 Å². The van der Waals surface area contributed by atoms with E-state index in [-0.39, 0.29) is 11.6 Å². The summed E-state index contributed by atoms with van der Waals surface area (Å²) in [6.45, 7) is 0. The van der Waals surface area contributed by atoms with Crippen LogP contribution in [0.1, 0.15) is 10.6 Å². The molecule has 1 N–H and O–H groups in total. The Balaban J connectivity index is 1.52. The first-order chi connectivity index (χ1) is 15.2. The molecule has 152 valence electrons. The Hall–Kier alpha value is -4.11. The first kappa shape index (κ1) is 18.9. The average Bonchev–Trinajstić information content (AvgIpc) is 3.56. The normalized spacial score (nSPS) is 10.9. The van der Waals surface area contributed by atoms with Crippen molar-refractivity contribution in [3.63, 3.8) is 0 Å². The molecule has 0 aliphatic rings. The van der Waals surface area contributed by atoms with Gasteiger partial charge in [0.05, 0.1) is 21.9 Å². The highest BCUT2D eigenvalue weighted by Gasteiger charge is 2.20. The smallest absolute Gasteiger partial charge is 0.295 e. The highest BCUT2D eigenvalue weighted by atomic mass is 32.1. The van der Waals surface area contributed by atoms with Crippen molar-refractivity contribution in [1.29, 1.82) is 0 Å². The molecule has 9 heteroatoms. The number of para-hydroxylation sites is 2. The van der Waals surface area contributed by atoms with Gasteiger partial charge < -0.3 is 5.32 Å². The third-order valence-corrected chi connectivity index (χ3v) is 5.39. The zero-order chi connectivity index (χ0) is 21.2. The fourth-order valence-electron chi connectivity index (χ4n) is 3.10. The second-order valence-electron chi connectivity index (χ2n) is 6.55. The van der Waals surface area contributed by atoms with Crippen LogP contribution in [0.2, 0.25) is 0 Å². The number of carbonyl (C=O) groups excluding carboxylic acids is 1. The van der Waals surface area contributed by atoms with Crippen molar-refractivity contribution in [1.82, 2.24) is 24.5 Å². The number of amides is 1. The van der Waals surface area contributed by atoms with Crippen LogP contribution >= 0.6 is 11.3 Å². The number of thiophene rings is 1. The van der Waals surface area contributed by atoms with Gasteiger partial charge in [-0.2, -0.15) is 5.10 Å². The van der Waals surface area contributed by atoms with Crippen molar-refractivity contribution in [2.45, 2.75) is 0 Å². The number of halogens is 1. The summed E-state index contributed by atoms with van der Waals surface area (Å²) in [6.07, 6.45) is 3.46. The lowest BCUT2D eigenvalue weighted by Crippen LogP contribution is -2.16. The molecule has 0 aliphatic carbocycles. The zero-order valence-corrected chi connectivity index (χ0v) is 16.8. The van der Waals surface area contributed by atoms with Crippen molar-refractivity contribution in [3.8, 4) is 22.1 Å². The van der Waals surface area contributed by atoms with Gasteiger partial charge in [-0.05, 0) is 53.9 Å². The Kier molecular flexibility index (Phi) is 4.85. The van der Waals surface area contributed by atoms with E-state index < -0.39 is 5.91 Å². The van der Waals surface area contributed by atoms with Gasteiger partial charge in [0, 0.05) is 12.4 Å². The van der Waals surface area contributed by atoms with Crippen molar-refractivity contribution in [2.24, 2.45) is 0 Å². The van der Waals surface area contributed by atoms with E-state index >= 15 is 0 Å². The molecule has 31 heavy (non-hydrogen) atoms. The number of rotatable bonds is 5. The van der Waals surface area contributed by atoms with Crippen LogP contribution in [0.25, 0.3) is 22.1 Å². The maximum atomic E-state index is 13.4. The van der Waals surface area contributed by atoms with Gasteiger partial charge in [0.2, 0.25) is 5.82 Å². The molecule has 3 aromatic heterocycles. The largest absolute Gasteiger partial charge is 0.317 e. The first-order valence-electron chi connectivity index (χ1n) is 9.36. The van der Waals surface area contributed by atoms with Crippen LogP contribution in [0.4, 0.5) is 10.1 Å². The molecular formula is C22H15FN6OS. The van der Waals surface area contributed by atoms with Crippen LogP contribution in [0.15, 0.2) is 84.5 Å². The maximum absolute atomic E-state index is 13.4. The lowest BCUT2D eigenvalue weighted by atomic mass is 10.2. The number of nitrogens with one attached hydrogen (secondary N) is 1. The second-order valence-corrected chi connectivity index (χ2v) is 7.49. The molecule has 0 saturated heterocycles. The third kappa shape index (κ3) is 3.74. The number of hydrogen-bond acceptors (Lipinski definition) is 5. The lowest BCUT2D eigenvalue weighted by molar-refractivity contribution is 0.101. The van der Waals surface area contributed by atoms with Crippen LogP contribution in [0.3, 0.4) is 0 Å². The Bertz CT molecular complexity index is 1330. The van der Waals surface area contributed by atoms with E-state index in [1.807, 2.05) is 35.7 Å². The summed E-state index contributed by atoms with van der Waals surface area (Å²) in [7, 11) is 0. The van der Waals surface area contributed by atoms with E-state index in [1.54, 1.807) is 46.0 Å². The van der Waals surface area contributed by atoms with E-state index in [1.165, 1.54) is 23.5 Å². The number of carbonyl (C=O) groups is 1. The monoisotopic (exact) mass is 430 g/mol. The first-order valence-corrected chi connectivity index (χ1v) is 10.2. The Morgan fingerprint density at radius 3 is 2.58 bits per heavy atom. The van der Waals surface area contributed by atoms with Crippen molar-refractivity contribution in [3.05, 3.63) is 96.1 Å². The topological polar surface area (TPSA) is 77.6 Å². The summed E-state index contributed by atoms with van der Waals surface area (Å²) in [5, 5.41) is 13.4. The van der Waals surface area contributed by atoms with Gasteiger partial charge in [-0.3, -0.25) is 4.79 Å². The van der Waals surface area contributed by atoms with Crippen molar-refractivity contribution >= 4 is 22.9 Å². The molecule has 5 aromatic rings. The molecule has 0 unspecified atom stereocenters. The number of anilines is 1. The predicted octanol–water partition coefficient (Wildman–Crippen LogP) is 4.57. The Morgan fingerprint density at radius 1 is 1.00 bits per heavy atom. The van der Waals surface area contributed by atoms with Crippen molar-refractivity contribution in [2.75, 3.05) is 5.32 Å². The molecule has 1 amide bonds. The van der Waals surface area contributed by atoms with Crippen LogP contribution < -0.4 is 5.32 Å². The van der Waals surface area contributed by atoms with E-state index in [9.17, 15) is 9.18 Å². The minimum absolute atomic E-state index is 0.00277. The predicted molar refractivity (Wildman–Crippen MR) is 116 cm³/mol. The molecule has 0 radical (unpaired) electrons. The average molecular weight is 430 g/mol. The van der Waals surface area contributed by atoms with Gasteiger partial charge >= 0.3 is 0 Å². The molecule has 0 atom stereocenters. The zero-order valence-electron chi connectivity index (χ0n) is 16.0. The van der Waals surface area contributed by atoms with Crippen LogP contribution in [0.5, 0.6) is 0 Å². The molecule has 0 bridgehead atoms. The van der Waals surface area contributed by atoms with Gasteiger partial charge in [-0.25, -0.2) is 18.7 Å². The van der Waals surface area contributed by atoms with Gasteiger partial charge in [-0.1, -0.05) is 18.2 Å². The maximum Gasteiger partial charge on any atom is 0.295 e. The molecule has 0 saturated carbocycles. The Labute approximate surface area is 180 Å². The van der Waals surface area contributed by atoms with Gasteiger partial charge in [-0.15, -0.1) is 16.4 Å². The third-order valence-electron chi connectivity index (χ3n) is 4.53. The molecule has 2 aromatic carbocycles. The summed E-state index contributed by atoms with van der Waals surface area (Å²) >= 11 is 1.48. The quantitative estimate of drug-likeness (QED) is 0.443. The highest BCUT2D eigenvalue weighted by Crippen LogP contribution is 2.26. The molecule has 0 aliphatic heterocycles. The minimum Gasteiger partial charge on any atom is -0.317 e. The molecule has 5 rings (SSSR count). The lowest BCUT2D eigenvalue weighted by Gasteiger charge is -2.09. The fraction of sp³-hybridized carbons (Fsp3) is 0. The van der Waals surface area contributed by atoms with E-state index in [4.69, 9.17) is 0 Å². The van der Waals surface area contributed by atoms with Gasteiger partial charge in [0.15, 0.2) is 5.82 Å². The van der Waals surface area contributed by atoms with Crippen LogP contribution in [-0.2, 0) is 0 Å². The summed E-state index contributed by atoms with van der Waals surface area (Å²) in [4.78, 5) is 18.3. The van der Waals surface area contributed by atoms with E-state index in [0.29, 0.717) is 17.2 Å². The van der Waals surface area contributed by atoms with Crippen molar-refractivity contribution < 1.29 is 9.18 Å². The summed E-state index contributed by atoms with van der Waals surface area (Å²) in [6, 6.07) is 18.8. The molecule has 7 nitrogen and oxygen atoms in total. The molecule has 0 spiro atoms. The van der Waals surface area contributed by atoms with Crippen LogP contribution in [-0.4, -0.2) is 30.5 Å². The van der Waals surface area contributed by atoms with E-state index in [2.05, 4.69) is 20.5 Å². The number of hydrogen-bond donors (Lipinski definition) is 1. The molecular weight excluding hydrogens is 415 g/mol. The summed E-state index contributed by atoms with van der Waals surface area (Å²) in [5.74, 6) is -0.303. The molecule has 0 fully saturated rings. The standard InChI is InChI=1S/C22H15FN6OS/c23-15-8-10-16(11-9-15)29-21(19-7-3-14-31-19)26-20(27-29)22(30)25-17-5-1-2-6-18(17)28-13-4-12-24-28/h1-14H,(H,25,30). The molecule has 3 heterocycles. The van der Waals surface area contributed by atoms with Crippen LogP contribution in [0, 0.1) is 5.82 Å². The summed E-state index contributed by atoms with van der Waals surface area (Å²) in [5.41, 5.74) is 1.90. The second kappa shape index (κ2) is 7.96. The number of aromatic nitrogens is 5. The SMILES string of the molecule is O=C(Nc1ccccc1-n1cccn1)c1nc(-c2cccs2)n(-c2ccc(F)cc2)n1. The number of nitrogens with zero attached hydrogens (tertiary/aromatic N) is 5. The Morgan fingerprint density at radius 2 is 1.84 bits per heavy atom. The minimum atomic E-state index is -0.460. The number of benzene rings is 2. The fourth-order valence-corrected chi connectivity index (χ4v) is 3.80. The summed E-state index contributed by atoms with van der Waals surface area (Å²) < 4.78 is 16.6. The van der Waals surface area contributed by atoms with Gasteiger partial charge in [0.1, 0.15) is 5.82 Å².